The highest BCUT2D eigenvalue weighted by Crippen LogP contribution is 2.05. The molecule has 72 valence electrons. The Morgan fingerprint density at radius 1 is 1.31 bits per heavy atom. The molecule has 0 saturated heterocycles. The first-order valence-corrected chi connectivity index (χ1v) is 5.04. The predicted octanol–water partition coefficient (Wildman–Crippen LogP) is 1.26. The number of likely N-dealkylation sites (N-methyl/N-ethyl adjacent to an activating group) is 1. The Labute approximate surface area is 86.3 Å². The summed E-state index contributed by atoms with van der Waals surface area (Å²) in [6, 6.07) is 0. The minimum absolute atomic E-state index is 0.668. The first kappa shape index (κ1) is 10.4. The number of nitrogens with one attached hydrogen (secondary N) is 2. The number of anilines is 1. The fraction of sp³-hybridized carbons (Fsp3) is 0.500. The minimum atomic E-state index is 0.668. The van der Waals surface area contributed by atoms with Gasteiger partial charge in [-0.15, -0.1) is 0 Å². The van der Waals surface area contributed by atoms with Gasteiger partial charge in [0.05, 0.1) is 4.47 Å². The van der Waals surface area contributed by atoms with Gasteiger partial charge in [-0.05, 0) is 22.5 Å². The van der Waals surface area contributed by atoms with Gasteiger partial charge in [-0.1, -0.05) is 6.92 Å². The van der Waals surface area contributed by atoms with Crippen LogP contribution in [0, 0.1) is 0 Å². The topological polar surface area (TPSA) is 49.8 Å². The first-order chi connectivity index (χ1) is 6.33. The Kier molecular flexibility index (Phi) is 4.70. The van der Waals surface area contributed by atoms with E-state index in [2.05, 4.69) is 43.5 Å². The molecule has 0 unspecified atom stereocenters. The lowest BCUT2D eigenvalue weighted by Gasteiger charge is -2.03. The van der Waals surface area contributed by atoms with Crippen molar-refractivity contribution in [2.75, 3.05) is 25.0 Å². The van der Waals surface area contributed by atoms with Crippen molar-refractivity contribution >= 4 is 21.9 Å². The Hall–Kier alpha value is -0.680. The molecular weight excluding hydrogens is 232 g/mol. The van der Waals surface area contributed by atoms with Crippen molar-refractivity contribution in [3.05, 3.63) is 16.9 Å². The lowest BCUT2D eigenvalue weighted by molar-refractivity contribution is 0.736. The van der Waals surface area contributed by atoms with E-state index in [-0.39, 0.29) is 0 Å². The zero-order chi connectivity index (χ0) is 9.52. The fourth-order valence-electron chi connectivity index (χ4n) is 0.843. The molecule has 1 aromatic heterocycles. The Balaban J connectivity index is 2.25. The van der Waals surface area contributed by atoms with Crippen molar-refractivity contribution < 1.29 is 0 Å². The molecule has 5 heteroatoms. The van der Waals surface area contributed by atoms with Crippen LogP contribution in [0.4, 0.5) is 5.95 Å². The average Bonchev–Trinajstić information content (AvgIpc) is 2.15. The van der Waals surface area contributed by atoms with Crippen LogP contribution in [0.1, 0.15) is 6.92 Å². The third-order valence-electron chi connectivity index (χ3n) is 1.46. The molecule has 0 atom stereocenters. The molecule has 0 aromatic carbocycles. The highest BCUT2D eigenvalue weighted by molar-refractivity contribution is 9.10. The smallest absolute Gasteiger partial charge is 0.222 e. The largest absolute Gasteiger partial charge is 0.353 e. The van der Waals surface area contributed by atoms with Gasteiger partial charge in [0.25, 0.3) is 0 Å². The second kappa shape index (κ2) is 5.88. The van der Waals surface area contributed by atoms with E-state index in [1.54, 1.807) is 12.4 Å². The quantitative estimate of drug-likeness (QED) is 0.767. The molecule has 0 bridgehead atoms. The SMILES string of the molecule is CCNCCNc1ncc(Br)cn1. The van der Waals surface area contributed by atoms with Crippen LogP contribution in [0.2, 0.25) is 0 Å². The number of hydrogen-bond acceptors (Lipinski definition) is 4. The van der Waals surface area contributed by atoms with Crippen LogP contribution in [-0.4, -0.2) is 29.6 Å². The van der Waals surface area contributed by atoms with Crippen LogP contribution in [0.5, 0.6) is 0 Å². The van der Waals surface area contributed by atoms with Crippen LogP contribution in [0.25, 0.3) is 0 Å². The van der Waals surface area contributed by atoms with Gasteiger partial charge in [0, 0.05) is 25.5 Å². The molecule has 0 aliphatic heterocycles. The van der Waals surface area contributed by atoms with Crippen LogP contribution in [0.15, 0.2) is 16.9 Å². The van der Waals surface area contributed by atoms with Crippen molar-refractivity contribution in [2.45, 2.75) is 6.92 Å². The molecular formula is C8H13BrN4. The summed E-state index contributed by atoms with van der Waals surface area (Å²) in [7, 11) is 0. The van der Waals surface area contributed by atoms with E-state index < -0.39 is 0 Å². The molecule has 0 spiro atoms. The standard InChI is InChI=1S/C8H13BrN4/c1-2-10-3-4-11-8-12-5-7(9)6-13-8/h5-6,10H,2-4H2,1H3,(H,11,12,13). The number of rotatable bonds is 5. The maximum Gasteiger partial charge on any atom is 0.222 e. The van der Waals surface area contributed by atoms with Crippen LogP contribution in [-0.2, 0) is 0 Å². The fourth-order valence-corrected chi connectivity index (χ4v) is 1.05. The molecule has 0 saturated carbocycles. The Morgan fingerprint density at radius 2 is 2.00 bits per heavy atom. The molecule has 13 heavy (non-hydrogen) atoms. The Morgan fingerprint density at radius 3 is 2.62 bits per heavy atom. The van der Waals surface area contributed by atoms with Gasteiger partial charge in [-0.2, -0.15) is 0 Å². The summed E-state index contributed by atoms with van der Waals surface area (Å²) in [5.41, 5.74) is 0. The number of nitrogens with zero attached hydrogens (tertiary/aromatic N) is 2. The van der Waals surface area contributed by atoms with Crippen molar-refractivity contribution in [1.82, 2.24) is 15.3 Å². The minimum Gasteiger partial charge on any atom is -0.353 e. The summed E-state index contributed by atoms with van der Waals surface area (Å²) in [6.45, 7) is 4.84. The molecule has 1 rings (SSSR count). The molecule has 1 aromatic rings. The first-order valence-electron chi connectivity index (χ1n) is 4.25. The van der Waals surface area contributed by atoms with E-state index in [1.165, 1.54) is 0 Å². The van der Waals surface area contributed by atoms with Crippen molar-refractivity contribution in [3.63, 3.8) is 0 Å². The average molecular weight is 245 g/mol. The van der Waals surface area contributed by atoms with Gasteiger partial charge in [-0.3, -0.25) is 0 Å². The summed E-state index contributed by atoms with van der Waals surface area (Å²) in [6.07, 6.45) is 3.45. The number of aromatic nitrogens is 2. The normalized spacial score (nSPS) is 10.0. The van der Waals surface area contributed by atoms with Crippen LogP contribution >= 0.6 is 15.9 Å². The predicted molar refractivity (Wildman–Crippen MR) is 56.8 cm³/mol. The van der Waals surface area contributed by atoms with E-state index in [0.717, 1.165) is 24.1 Å². The van der Waals surface area contributed by atoms with Crippen LogP contribution < -0.4 is 10.6 Å². The van der Waals surface area contributed by atoms with E-state index in [4.69, 9.17) is 0 Å². The monoisotopic (exact) mass is 244 g/mol. The van der Waals surface area contributed by atoms with Crippen molar-refractivity contribution in [1.29, 1.82) is 0 Å². The van der Waals surface area contributed by atoms with Gasteiger partial charge in [0.1, 0.15) is 0 Å². The van der Waals surface area contributed by atoms with Gasteiger partial charge in [0.2, 0.25) is 5.95 Å². The maximum atomic E-state index is 4.08. The number of hydrogen-bond donors (Lipinski definition) is 2. The second-order valence-electron chi connectivity index (χ2n) is 2.51. The molecule has 2 N–H and O–H groups in total. The zero-order valence-corrected chi connectivity index (χ0v) is 9.13. The van der Waals surface area contributed by atoms with Crippen molar-refractivity contribution in [3.8, 4) is 0 Å². The summed E-state index contributed by atoms with van der Waals surface area (Å²) < 4.78 is 0.893. The third kappa shape index (κ3) is 4.19. The molecule has 0 radical (unpaired) electrons. The summed E-state index contributed by atoms with van der Waals surface area (Å²) in [5, 5.41) is 6.30. The summed E-state index contributed by atoms with van der Waals surface area (Å²) in [5.74, 6) is 0.668. The molecule has 1 heterocycles. The van der Waals surface area contributed by atoms with Gasteiger partial charge in [0.15, 0.2) is 0 Å². The maximum absolute atomic E-state index is 4.08. The van der Waals surface area contributed by atoms with Gasteiger partial charge < -0.3 is 10.6 Å². The molecule has 4 nitrogen and oxygen atoms in total. The molecule has 0 aliphatic rings. The third-order valence-corrected chi connectivity index (χ3v) is 1.86. The van der Waals surface area contributed by atoms with Crippen molar-refractivity contribution in [2.24, 2.45) is 0 Å². The van der Waals surface area contributed by atoms with E-state index in [1.807, 2.05) is 0 Å². The van der Waals surface area contributed by atoms with E-state index in [9.17, 15) is 0 Å². The highest BCUT2D eigenvalue weighted by atomic mass is 79.9. The Bertz CT molecular complexity index is 236. The highest BCUT2D eigenvalue weighted by Gasteiger charge is 1.93. The lowest BCUT2D eigenvalue weighted by atomic mass is 10.6. The molecule has 0 fully saturated rings. The molecule has 0 aliphatic carbocycles. The van der Waals surface area contributed by atoms with Crippen LogP contribution in [0.3, 0.4) is 0 Å². The number of halogens is 1. The second-order valence-corrected chi connectivity index (χ2v) is 3.42. The summed E-state index contributed by atoms with van der Waals surface area (Å²) in [4.78, 5) is 8.16. The van der Waals surface area contributed by atoms with Gasteiger partial charge >= 0.3 is 0 Å². The zero-order valence-electron chi connectivity index (χ0n) is 7.55. The molecule has 0 amide bonds. The lowest BCUT2D eigenvalue weighted by Crippen LogP contribution is -2.22. The van der Waals surface area contributed by atoms with Gasteiger partial charge in [-0.25, -0.2) is 9.97 Å². The summed E-state index contributed by atoms with van der Waals surface area (Å²) >= 11 is 3.27. The van der Waals surface area contributed by atoms with E-state index in [0.29, 0.717) is 5.95 Å². The van der Waals surface area contributed by atoms with E-state index >= 15 is 0 Å².